The molecule has 1 aromatic heterocycles. The Hall–Kier alpha value is -1.34. The molecule has 112 valence electrons. The third-order valence-corrected chi connectivity index (χ3v) is 4.35. The van der Waals surface area contributed by atoms with E-state index < -0.39 is 10.0 Å². The van der Waals surface area contributed by atoms with Crippen molar-refractivity contribution in [2.75, 3.05) is 6.54 Å². The molecule has 6 nitrogen and oxygen atoms in total. The van der Waals surface area contributed by atoms with Crippen molar-refractivity contribution < 1.29 is 13.2 Å². The minimum absolute atomic E-state index is 0.00468. The number of primary sulfonamides is 1. The van der Waals surface area contributed by atoms with Crippen LogP contribution in [0.5, 0.6) is 0 Å². The summed E-state index contributed by atoms with van der Waals surface area (Å²) >= 11 is 0. The number of amides is 1. The maximum atomic E-state index is 12.6. The molecular weight excluding hydrogens is 278 g/mol. The van der Waals surface area contributed by atoms with E-state index in [0.717, 1.165) is 19.3 Å². The molecule has 1 aliphatic rings. The van der Waals surface area contributed by atoms with E-state index >= 15 is 0 Å². The fraction of sp³-hybridized carbons (Fsp3) is 0.615. The Kier molecular flexibility index (Phi) is 4.19. The lowest BCUT2D eigenvalue weighted by Crippen LogP contribution is -2.35. The largest absolute Gasteiger partial charge is 0.342 e. The molecule has 1 aliphatic carbocycles. The van der Waals surface area contributed by atoms with Crippen molar-refractivity contribution in [1.29, 1.82) is 0 Å². The highest BCUT2D eigenvalue weighted by Crippen LogP contribution is 2.29. The third kappa shape index (κ3) is 3.04. The van der Waals surface area contributed by atoms with Crippen molar-refractivity contribution in [3.63, 3.8) is 0 Å². The highest BCUT2D eigenvalue weighted by atomic mass is 32.2. The maximum absolute atomic E-state index is 12.6. The smallest absolute Gasteiger partial charge is 0.270 e. The second kappa shape index (κ2) is 5.57. The summed E-state index contributed by atoms with van der Waals surface area (Å²) in [6.07, 6.45) is 4.37. The highest BCUT2D eigenvalue weighted by Gasteiger charge is 2.34. The molecule has 7 heteroatoms. The monoisotopic (exact) mass is 299 g/mol. The number of aryl methyl sites for hydroxylation is 1. The van der Waals surface area contributed by atoms with Crippen LogP contribution in [0, 0.1) is 0 Å². The molecule has 1 saturated carbocycles. The van der Waals surface area contributed by atoms with Crippen LogP contribution in [0.15, 0.2) is 17.2 Å². The van der Waals surface area contributed by atoms with E-state index in [1.165, 1.54) is 12.3 Å². The number of rotatable bonds is 6. The van der Waals surface area contributed by atoms with Gasteiger partial charge in [-0.2, -0.15) is 0 Å². The fourth-order valence-electron chi connectivity index (χ4n) is 2.30. The van der Waals surface area contributed by atoms with Crippen LogP contribution in [0.4, 0.5) is 0 Å². The molecule has 20 heavy (non-hydrogen) atoms. The SMILES string of the molecule is CCCN(C(=O)c1cc(S(N)(=O)=O)cn1CC)C1CC1. The zero-order valence-electron chi connectivity index (χ0n) is 11.9. The number of carbonyl (C=O) groups excluding carboxylic acids is 1. The first kappa shape index (κ1) is 15.1. The molecule has 0 unspecified atom stereocenters. The minimum Gasteiger partial charge on any atom is -0.342 e. The van der Waals surface area contributed by atoms with E-state index in [2.05, 4.69) is 0 Å². The number of aromatic nitrogens is 1. The van der Waals surface area contributed by atoms with Crippen LogP contribution < -0.4 is 5.14 Å². The van der Waals surface area contributed by atoms with Gasteiger partial charge in [-0.25, -0.2) is 13.6 Å². The Labute approximate surface area is 119 Å². The van der Waals surface area contributed by atoms with E-state index in [1.54, 1.807) is 4.57 Å². The van der Waals surface area contributed by atoms with E-state index in [-0.39, 0.29) is 10.8 Å². The van der Waals surface area contributed by atoms with Crippen molar-refractivity contribution in [3.05, 3.63) is 18.0 Å². The summed E-state index contributed by atoms with van der Waals surface area (Å²) < 4.78 is 24.5. The van der Waals surface area contributed by atoms with Crippen molar-refractivity contribution in [2.24, 2.45) is 5.14 Å². The molecule has 0 spiro atoms. The van der Waals surface area contributed by atoms with E-state index in [1.807, 2.05) is 18.7 Å². The fourth-order valence-corrected chi connectivity index (χ4v) is 2.85. The van der Waals surface area contributed by atoms with Crippen molar-refractivity contribution in [1.82, 2.24) is 9.47 Å². The molecule has 1 amide bonds. The first-order valence-corrected chi connectivity index (χ1v) is 8.47. The Morgan fingerprint density at radius 1 is 1.45 bits per heavy atom. The van der Waals surface area contributed by atoms with Crippen molar-refractivity contribution >= 4 is 15.9 Å². The lowest BCUT2D eigenvalue weighted by atomic mass is 10.3. The van der Waals surface area contributed by atoms with Crippen LogP contribution in [0.3, 0.4) is 0 Å². The lowest BCUT2D eigenvalue weighted by Gasteiger charge is -2.22. The van der Waals surface area contributed by atoms with Gasteiger partial charge in [0.2, 0.25) is 10.0 Å². The van der Waals surface area contributed by atoms with Gasteiger partial charge in [0.1, 0.15) is 10.6 Å². The predicted molar refractivity (Wildman–Crippen MR) is 75.8 cm³/mol. The van der Waals surface area contributed by atoms with E-state index in [0.29, 0.717) is 24.8 Å². The van der Waals surface area contributed by atoms with E-state index in [9.17, 15) is 13.2 Å². The quantitative estimate of drug-likeness (QED) is 0.855. The Morgan fingerprint density at radius 2 is 2.10 bits per heavy atom. The van der Waals surface area contributed by atoms with Gasteiger partial charge in [-0.05, 0) is 32.3 Å². The first-order valence-electron chi connectivity index (χ1n) is 6.92. The standard InChI is InChI=1S/C13H21N3O3S/c1-3-7-16(10-5-6-10)13(17)12-8-11(20(14,18)19)9-15(12)4-2/h8-10H,3-7H2,1-2H3,(H2,14,18,19). The summed E-state index contributed by atoms with van der Waals surface area (Å²) in [4.78, 5) is 14.4. The summed E-state index contributed by atoms with van der Waals surface area (Å²) in [5, 5.41) is 5.13. The number of sulfonamides is 1. The molecule has 0 bridgehead atoms. The zero-order valence-corrected chi connectivity index (χ0v) is 12.7. The van der Waals surface area contributed by atoms with Gasteiger partial charge in [-0.1, -0.05) is 6.92 Å². The summed E-state index contributed by atoms with van der Waals surface area (Å²) in [7, 11) is -3.78. The van der Waals surface area contributed by atoms with Gasteiger partial charge in [0.15, 0.2) is 0 Å². The van der Waals surface area contributed by atoms with Gasteiger partial charge in [0.25, 0.3) is 5.91 Å². The Balaban J connectivity index is 2.35. The van der Waals surface area contributed by atoms with Gasteiger partial charge in [0, 0.05) is 25.3 Å². The molecule has 0 radical (unpaired) electrons. The lowest BCUT2D eigenvalue weighted by molar-refractivity contribution is 0.0732. The van der Waals surface area contributed by atoms with E-state index in [4.69, 9.17) is 5.14 Å². The number of hydrogen-bond donors (Lipinski definition) is 1. The van der Waals surface area contributed by atoms with Crippen LogP contribution >= 0.6 is 0 Å². The molecule has 2 rings (SSSR count). The topological polar surface area (TPSA) is 85.4 Å². The third-order valence-electron chi connectivity index (χ3n) is 3.47. The maximum Gasteiger partial charge on any atom is 0.270 e. The molecule has 0 aromatic carbocycles. The van der Waals surface area contributed by atoms with Crippen molar-refractivity contribution in [2.45, 2.75) is 50.6 Å². The normalized spacial score (nSPS) is 15.3. The molecule has 1 heterocycles. The van der Waals surface area contributed by atoms with Crippen LogP contribution in [0.25, 0.3) is 0 Å². The molecule has 1 fully saturated rings. The Bertz CT molecular complexity index is 602. The second-order valence-corrected chi connectivity index (χ2v) is 6.68. The first-order chi connectivity index (χ1) is 9.38. The number of nitrogens with two attached hydrogens (primary N) is 1. The average Bonchev–Trinajstić information content (AvgIpc) is 3.11. The molecule has 0 atom stereocenters. The molecule has 0 saturated heterocycles. The van der Waals surface area contributed by atoms with Crippen LogP contribution in [0.2, 0.25) is 0 Å². The van der Waals surface area contributed by atoms with Gasteiger partial charge >= 0.3 is 0 Å². The average molecular weight is 299 g/mol. The summed E-state index contributed by atoms with van der Waals surface area (Å²) in [6, 6.07) is 1.69. The van der Waals surface area contributed by atoms with Crippen LogP contribution in [-0.4, -0.2) is 36.4 Å². The van der Waals surface area contributed by atoms with Gasteiger partial charge in [-0.15, -0.1) is 0 Å². The van der Waals surface area contributed by atoms with Gasteiger partial charge in [-0.3, -0.25) is 4.79 Å². The Morgan fingerprint density at radius 3 is 2.55 bits per heavy atom. The van der Waals surface area contributed by atoms with Crippen LogP contribution in [-0.2, 0) is 16.6 Å². The van der Waals surface area contributed by atoms with Gasteiger partial charge < -0.3 is 9.47 Å². The summed E-state index contributed by atoms with van der Waals surface area (Å²) in [5.74, 6) is -0.105. The predicted octanol–water partition coefficient (Wildman–Crippen LogP) is 1.17. The number of nitrogens with zero attached hydrogens (tertiary/aromatic N) is 2. The minimum atomic E-state index is -3.78. The number of carbonyl (C=O) groups is 1. The summed E-state index contributed by atoms with van der Waals surface area (Å²) in [6.45, 7) is 5.12. The molecule has 2 N–H and O–H groups in total. The molecule has 1 aromatic rings. The van der Waals surface area contributed by atoms with Crippen molar-refractivity contribution in [3.8, 4) is 0 Å². The second-order valence-electron chi connectivity index (χ2n) is 5.12. The number of hydrogen-bond acceptors (Lipinski definition) is 3. The molecular formula is C13H21N3O3S. The highest BCUT2D eigenvalue weighted by molar-refractivity contribution is 7.89. The van der Waals surface area contributed by atoms with Crippen LogP contribution in [0.1, 0.15) is 43.6 Å². The summed E-state index contributed by atoms with van der Waals surface area (Å²) in [5.41, 5.74) is 0.400. The zero-order chi connectivity index (χ0) is 14.9. The van der Waals surface area contributed by atoms with Gasteiger partial charge in [0.05, 0.1) is 0 Å². The molecule has 0 aliphatic heterocycles.